The number of aliphatic hydroxyl groups excluding tert-OH is 2. The quantitative estimate of drug-likeness (QED) is 0.340. The molecule has 6 nitrogen and oxygen atoms in total. The van der Waals surface area contributed by atoms with Crippen LogP contribution in [0.1, 0.15) is 12.8 Å². The summed E-state index contributed by atoms with van der Waals surface area (Å²) in [7, 11) is 0. The zero-order valence-corrected chi connectivity index (χ0v) is 7.14. The lowest BCUT2D eigenvalue weighted by Crippen LogP contribution is -1.85. The maximum Gasteiger partial charge on any atom is 0.236 e. The summed E-state index contributed by atoms with van der Waals surface area (Å²) in [5.74, 6) is 0. The first-order valence-electron chi connectivity index (χ1n) is 3.62. The van der Waals surface area contributed by atoms with E-state index in [2.05, 4.69) is 9.98 Å². The molecule has 0 aliphatic heterocycles. The molecule has 0 atom stereocenters. The van der Waals surface area contributed by atoms with Crippen LogP contribution in [0.2, 0.25) is 0 Å². The molecule has 0 spiro atoms. The van der Waals surface area contributed by atoms with Crippen molar-refractivity contribution in [2.24, 2.45) is 9.98 Å². The summed E-state index contributed by atoms with van der Waals surface area (Å²) in [5.41, 5.74) is 0. The lowest BCUT2D eigenvalue weighted by molar-refractivity contribution is 0.242. The first kappa shape index (κ1) is 14.2. The standard InChI is InChI=1S/C4H10O2.C3H2N2O2/c5-3-1-2-4-6;6-2-4-1-5-3-7/h5-6H,1-4H2;1H2. The highest BCUT2D eigenvalue weighted by Gasteiger charge is 1.77. The van der Waals surface area contributed by atoms with Gasteiger partial charge in [-0.25, -0.2) is 9.59 Å². The van der Waals surface area contributed by atoms with Crippen molar-refractivity contribution < 1.29 is 19.8 Å². The van der Waals surface area contributed by atoms with Crippen molar-refractivity contribution in [3.05, 3.63) is 0 Å². The molecule has 6 heteroatoms. The van der Waals surface area contributed by atoms with E-state index in [0.29, 0.717) is 0 Å². The van der Waals surface area contributed by atoms with E-state index in [4.69, 9.17) is 10.2 Å². The molecule has 0 unspecified atom stereocenters. The minimum atomic E-state index is -0.160. The van der Waals surface area contributed by atoms with Crippen LogP contribution in [0.25, 0.3) is 0 Å². The molecule has 0 amide bonds. The van der Waals surface area contributed by atoms with Gasteiger partial charge in [0.05, 0.1) is 0 Å². The van der Waals surface area contributed by atoms with Crippen molar-refractivity contribution >= 4 is 12.2 Å². The van der Waals surface area contributed by atoms with Crippen LogP contribution in [0.4, 0.5) is 0 Å². The van der Waals surface area contributed by atoms with Gasteiger partial charge in [-0.05, 0) is 12.8 Å². The average Bonchev–Trinajstić information content (AvgIpc) is 2.17. The molecule has 0 radical (unpaired) electrons. The van der Waals surface area contributed by atoms with Gasteiger partial charge in [-0.15, -0.1) is 0 Å². The minimum absolute atomic E-state index is 0.160. The second kappa shape index (κ2) is 17.0. The summed E-state index contributed by atoms with van der Waals surface area (Å²) in [6.45, 7) is 0.230. The number of nitrogens with zero attached hydrogens (tertiary/aromatic N) is 2. The van der Waals surface area contributed by atoms with E-state index in [-0.39, 0.29) is 19.9 Å². The van der Waals surface area contributed by atoms with Crippen LogP contribution in [0.15, 0.2) is 9.98 Å². The van der Waals surface area contributed by atoms with Crippen molar-refractivity contribution in [3.8, 4) is 0 Å². The summed E-state index contributed by atoms with van der Waals surface area (Å²) in [4.78, 5) is 24.2. The maximum atomic E-state index is 9.20. The fourth-order valence-electron chi connectivity index (χ4n) is 0.317. The first-order chi connectivity index (χ1) is 6.33. The van der Waals surface area contributed by atoms with Crippen LogP contribution in [-0.4, -0.2) is 42.3 Å². The van der Waals surface area contributed by atoms with E-state index in [1.807, 2.05) is 0 Å². The Hall–Kier alpha value is -1.32. The Balaban J connectivity index is 0. The molecule has 0 fully saturated rings. The van der Waals surface area contributed by atoms with Gasteiger partial charge < -0.3 is 10.2 Å². The Morgan fingerprint density at radius 2 is 1.31 bits per heavy atom. The molecule has 0 aliphatic rings. The number of isocyanates is 2. The molecule has 0 aromatic carbocycles. The highest BCUT2D eigenvalue weighted by Crippen LogP contribution is 1.80. The van der Waals surface area contributed by atoms with Gasteiger partial charge in [0.15, 0.2) is 6.67 Å². The van der Waals surface area contributed by atoms with Gasteiger partial charge in [-0.1, -0.05) is 0 Å². The van der Waals surface area contributed by atoms with Crippen LogP contribution in [-0.2, 0) is 9.59 Å². The lowest BCUT2D eigenvalue weighted by atomic mass is 10.3. The van der Waals surface area contributed by atoms with Gasteiger partial charge in [0.1, 0.15) is 0 Å². The largest absolute Gasteiger partial charge is 0.396 e. The second-order valence-electron chi connectivity index (χ2n) is 1.79. The van der Waals surface area contributed by atoms with Crippen molar-refractivity contribution in [1.82, 2.24) is 0 Å². The number of carbonyl (C=O) groups excluding carboxylic acids is 2. The third-order valence-electron chi connectivity index (χ3n) is 0.837. The molecular formula is C7H12N2O4. The molecule has 0 saturated heterocycles. The molecule has 0 aromatic rings. The van der Waals surface area contributed by atoms with Gasteiger partial charge in [0, 0.05) is 13.2 Å². The van der Waals surface area contributed by atoms with Crippen LogP contribution in [0, 0.1) is 0 Å². The summed E-state index contributed by atoms with van der Waals surface area (Å²) in [6, 6.07) is 0. The van der Waals surface area contributed by atoms with Crippen LogP contribution in [0.5, 0.6) is 0 Å². The number of aliphatic hydroxyl groups is 2. The third kappa shape index (κ3) is 24.9. The Morgan fingerprint density at radius 1 is 0.923 bits per heavy atom. The molecule has 0 rings (SSSR count). The Bertz CT molecular complexity index is 163. The average molecular weight is 188 g/mol. The minimum Gasteiger partial charge on any atom is -0.396 e. The molecule has 13 heavy (non-hydrogen) atoms. The number of unbranched alkanes of at least 4 members (excludes halogenated alkanes) is 1. The van der Waals surface area contributed by atoms with E-state index in [0.717, 1.165) is 12.8 Å². The van der Waals surface area contributed by atoms with Crippen LogP contribution >= 0.6 is 0 Å². The van der Waals surface area contributed by atoms with E-state index >= 15 is 0 Å². The molecule has 0 aliphatic carbocycles. The molecule has 0 aromatic heterocycles. The number of rotatable bonds is 5. The van der Waals surface area contributed by atoms with Crippen molar-refractivity contribution in [1.29, 1.82) is 0 Å². The Morgan fingerprint density at radius 3 is 1.54 bits per heavy atom. The topological polar surface area (TPSA) is 99.3 Å². The molecule has 74 valence electrons. The van der Waals surface area contributed by atoms with E-state index in [1.165, 1.54) is 12.2 Å². The predicted molar refractivity (Wildman–Crippen MR) is 44.5 cm³/mol. The Labute approximate surface area is 75.6 Å². The second-order valence-corrected chi connectivity index (χ2v) is 1.79. The maximum absolute atomic E-state index is 9.20. The van der Waals surface area contributed by atoms with Gasteiger partial charge in [-0.3, -0.25) is 0 Å². The van der Waals surface area contributed by atoms with Crippen molar-refractivity contribution in [2.75, 3.05) is 19.9 Å². The predicted octanol–water partition coefficient (Wildman–Crippen LogP) is -0.633. The smallest absolute Gasteiger partial charge is 0.236 e. The highest BCUT2D eigenvalue weighted by molar-refractivity contribution is 5.35. The fourth-order valence-corrected chi connectivity index (χ4v) is 0.317. The fraction of sp³-hybridized carbons (Fsp3) is 0.714. The van der Waals surface area contributed by atoms with Crippen LogP contribution in [0.3, 0.4) is 0 Å². The summed E-state index contributed by atoms with van der Waals surface area (Å²) >= 11 is 0. The molecule has 0 saturated carbocycles. The van der Waals surface area contributed by atoms with E-state index in [1.54, 1.807) is 0 Å². The lowest BCUT2D eigenvalue weighted by Gasteiger charge is -1.85. The molecule has 0 heterocycles. The first-order valence-corrected chi connectivity index (χ1v) is 3.62. The van der Waals surface area contributed by atoms with Crippen molar-refractivity contribution in [3.63, 3.8) is 0 Å². The van der Waals surface area contributed by atoms with Crippen molar-refractivity contribution in [2.45, 2.75) is 12.8 Å². The summed E-state index contributed by atoms with van der Waals surface area (Å²) < 4.78 is 0. The molecule has 2 N–H and O–H groups in total. The van der Waals surface area contributed by atoms with Gasteiger partial charge in [0.25, 0.3) is 0 Å². The van der Waals surface area contributed by atoms with Gasteiger partial charge in [0.2, 0.25) is 12.2 Å². The number of hydrogen-bond acceptors (Lipinski definition) is 6. The molecule has 0 bridgehead atoms. The van der Waals surface area contributed by atoms with E-state index in [9.17, 15) is 9.59 Å². The summed E-state index contributed by atoms with van der Waals surface area (Å²) in [6.07, 6.45) is 3.85. The zero-order valence-electron chi connectivity index (χ0n) is 7.14. The summed E-state index contributed by atoms with van der Waals surface area (Å²) in [5, 5.41) is 16.2. The third-order valence-corrected chi connectivity index (χ3v) is 0.837. The zero-order chi connectivity index (χ0) is 10.4. The van der Waals surface area contributed by atoms with Crippen LogP contribution < -0.4 is 0 Å². The highest BCUT2D eigenvalue weighted by atomic mass is 16.3. The Kier molecular flexibility index (Phi) is 18.6. The SMILES string of the molecule is O=C=NCN=C=O.OCCCCO. The normalized spacial score (nSPS) is 7.23. The van der Waals surface area contributed by atoms with E-state index < -0.39 is 0 Å². The number of hydrogen-bond donors (Lipinski definition) is 2. The van der Waals surface area contributed by atoms with Gasteiger partial charge in [-0.2, -0.15) is 9.98 Å². The molecular weight excluding hydrogens is 176 g/mol. The van der Waals surface area contributed by atoms with Gasteiger partial charge >= 0.3 is 0 Å². The number of aliphatic imine (C=N–C) groups is 2. The monoisotopic (exact) mass is 188 g/mol.